The molecule has 1 N–H and O–H groups in total. The first kappa shape index (κ1) is 10.1. The first-order chi connectivity index (χ1) is 7.24. The number of hydrogen-bond acceptors (Lipinski definition) is 1. The first-order valence-electron chi connectivity index (χ1n) is 6.92. The van der Waals surface area contributed by atoms with Crippen molar-refractivity contribution in [2.75, 3.05) is 0 Å². The number of hydrogen-bond donors (Lipinski definition) is 1. The summed E-state index contributed by atoms with van der Waals surface area (Å²) in [6.07, 6.45) is 9.43. The highest BCUT2D eigenvalue weighted by molar-refractivity contribution is 4.96. The third-order valence-corrected chi connectivity index (χ3v) is 5.47. The Morgan fingerprint density at radius 1 is 0.800 bits per heavy atom. The van der Waals surface area contributed by atoms with Crippen molar-refractivity contribution in [3.8, 4) is 0 Å². The van der Waals surface area contributed by atoms with Crippen molar-refractivity contribution in [1.82, 2.24) is 0 Å². The van der Waals surface area contributed by atoms with E-state index in [-0.39, 0.29) is 6.10 Å². The minimum atomic E-state index is 0.0313. The van der Waals surface area contributed by atoms with Gasteiger partial charge in [-0.1, -0.05) is 13.3 Å². The molecule has 0 amide bonds. The Kier molecular flexibility index (Phi) is 2.54. The number of fused-ring (bicyclic) bond motifs is 3. The second-order valence-corrected chi connectivity index (χ2v) is 6.47. The van der Waals surface area contributed by atoms with Gasteiger partial charge in [-0.3, -0.25) is 0 Å². The second kappa shape index (κ2) is 3.76. The molecular formula is C14H24O. The van der Waals surface area contributed by atoms with Crippen molar-refractivity contribution in [1.29, 1.82) is 0 Å². The normalized spacial score (nSPS) is 54.8. The van der Waals surface area contributed by atoms with Crippen molar-refractivity contribution < 1.29 is 5.11 Å². The molecule has 0 aromatic carbocycles. The number of rotatable bonds is 0. The molecule has 0 aromatic rings. The average Bonchev–Trinajstić information content (AvgIpc) is 2.53. The van der Waals surface area contributed by atoms with Gasteiger partial charge < -0.3 is 5.11 Å². The quantitative estimate of drug-likeness (QED) is 0.648. The van der Waals surface area contributed by atoms with E-state index in [0.717, 1.165) is 42.4 Å². The maximum Gasteiger partial charge on any atom is 0.0543 e. The van der Waals surface area contributed by atoms with Gasteiger partial charge in [0.1, 0.15) is 0 Å². The Balaban J connectivity index is 1.72. The molecule has 0 spiro atoms. The summed E-state index contributed by atoms with van der Waals surface area (Å²) in [5, 5.41) is 9.74. The molecule has 3 aliphatic carbocycles. The maximum atomic E-state index is 9.74. The Morgan fingerprint density at radius 2 is 1.47 bits per heavy atom. The molecule has 6 atom stereocenters. The Hall–Kier alpha value is -0.0400. The molecule has 6 unspecified atom stereocenters. The number of aliphatic hydroxyl groups excluding tert-OH is 1. The van der Waals surface area contributed by atoms with E-state index in [4.69, 9.17) is 0 Å². The van der Waals surface area contributed by atoms with Crippen molar-refractivity contribution in [2.24, 2.45) is 29.6 Å². The monoisotopic (exact) mass is 208 g/mol. The fourth-order valence-corrected chi connectivity index (χ4v) is 4.84. The molecule has 3 saturated carbocycles. The Bertz CT molecular complexity index is 213. The van der Waals surface area contributed by atoms with Crippen LogP contribution < -0.4 is 0 Å². The molecule has 86 valence electrons. The molecule has 3 fully saturated rings. The molecule has 0 aromatic heterocycles. The summed E-state index contributed by atoms with van der Waals surface area (Å²) in [5.74, 6) is 4.91. The van der Waals surface area contributed by atoms with Crippen LogP contribution in [0.4, 0.5) is 0 Å². The predicted molar refractivity (Wildman–Crippen MR) is 61.4 cm³/mol. The van der Waals surface area contributed by atoms with Crippen LogP contribution in [0.25, 0.3) is 0 Å². The fraction of sp³-hybridized carbons (Fsp3) is 1.00. The van der Waals surface area contributed by atoms with Gasteiger partial charge in [0, 0.05) is 0 Å². The molecule has 0 heterocycles. The summed E-state index contributed by atoms with van der Waals surface area (Å²) in [5.41, 5.74) is 0. The molecule has 15 heavy (non-hydrogen) atoms. The van der Waals surface area contributed by atoms with Gasteiger partial charge in [0.25, 0.3) is 0 Å². The average molecular weight is 208 g/mol. The van der Waals surface area contributed by atoms with E-state index in [0.29, 0.717) is 0 Å². The summed E-state index contributed by atoms with van der Waals surface area (Å²) in [6.45, 7) is 2.42. The molecule has 3 rings (SSSR count). The zero-order chi connectivity index (χ0) is 10.4. The molecule has 0 saturated heterocycles. The lowest BCUT2D eigenvalue weighted by molar-refractivity contribution is 0.0647. The topological polar surface area (TPSA) is 20.2 Å². The molecule has 3 aliphatic rings. The molecule has 0 bridgehead atoms. The van der Waals surface area contributed by atoms with Crippen LogP contribution in [0.15, 0.2) is 0 Å². The van der Waals surface area contributed by atoms with Gasteiger partial charge in [-0.15, -0.1) is 0 Å². The summed E-state index contributed by atoms with van der Waals surface area (Å²) >= 11 is 0. The number of aliphatic hydroxyl groups is 1. The van der Waals surface area contributed by atoms with E-state index in [1.54, 1.807) is 0 Å². The zero-order valence-electron chi connectivity index (χ0n) is 9.86. The van der Waals surface area contributed by atoms with Crippen molar-refractivity contribution >= 4 is 0 Å². The van der Waals surface area contributed by atoms with Crippen LogP contribution in [-0.2, 0) is 0 Å². The van der Waals surface area contributed by atoms with E-state index >= 15 is 0 Å². The minimum Gasteiger partial charge on any atom is -0.393 e. The van der Waals surface area contributed by atoms with Gasteiger partial charge in [0.15, 0.2) is 0 Å². The maximum absolute atomic E-state index is 9.74. The van der Waals surface area contributed by atoms with Gasteiger partial charge in [-0.25, -0.2) is 0 Å². The fourth-order valence-electron chi connectivity index (χ4n) is 4.84. The van der Waals surface area contributed by atoms with Crippen molar-refractivity contribution in [2.45, 2.75) is 58.0 Å². The van der Waals surface area contributed by atoms with Gasteiger partial charge >= 0.3 is 0 Å². The minimum absolute atomic E-state index is 0.0313. The summed E-state index contributed by atoms with van der Waals surface area (Å²) in [6, 6.07) is 0. The highest BCUT2D eigenvalue weighted by atomic mass is 16.3. The molecule has 0 aliphatic heterocycles. The second-order valence-electron chi connectivity index (χ2n) is 6.47. The van der Waals surface area contributed by atoms with Crippen LogP contribution in [0.2, 0.25) is 0 Å². The smallest absolute Gasteiger partial charge is 0.0543 e. The van der Waals surface area contributed by atoms with Crippen LogP contribution in [-0.4, -0.2) is 11.2 Å². The van der Waals surface area contributed by atoms with Crippen LogP contribution >= 0.6 is 0 Å². The highest BCUT2D eigenvalue weighted by Gasteiger charge is 2.46. The third kappa shape index (κ3) is 1.73. The van der Waals surface area contributed by atoms with E-state index in [9.17, 15) is 5.11 Å². The lowest BCUT2D eigenvalue weighted by atomic mass is 9.71. The largest absolute Gasteiger partial charge is 0.393 e. The summed E-state index contributed by atoms with van der Waals surface area (Å²) in [4.78, 5) is 0. The van der Waals surface area contributed by atoms with Gasteiger partial charge in [0.2, 0.25) is 0 Å². The highest BCUT2D eigenvalue weighted by Crippen LogP contribution is 2.54. The predicted octanol–water partition coefficient (Wildman–Crippen LogP) is 3.22. The SMILES string of the molecule is CC1CCC2C(C1)CC1CC(O)CCC12. The standard InChI is InChI=1S/C14H24O/c1-9-2-4-13-10(6-9)7-11-8-12(15)3-5-14(11)13/h9-15H,2-8H2,1H3. The molecule has 1 nitrogen and oxygen atoms in total. The van der Waals surface area contributed by atoms with Crippen LogP contribution in [0.1, 0.15) is 51.9 Å². The summed E-state index contributed by atoms with van der Waals surface area (Å²) in [7, 11) is 0. The van der Waals surface area contributed by atoms with Gasteiger partial charge in [-0.05, 0) is 68.1 Å². The van der Waals surface area contributed by atoms with Crippen LogP contribution in [0.3, 0.4) is 0 Å². The van der Waals surface area contributed by atoms with E-state index in [1.807, 2.05) is 0 Å². The van der Waals surface area contributed by atoms with Crippen molar-refractivity contribution in [3.63, 3.8) is 0 Å². The molecule has 1 heteroatoms. The zero-order valence-corrected chi connectivity index (χ0v) is 9.86. The molecule has 0 radical (unpaired) electrons. The van der Waals surface area contributed by atoms with Gasteiger partial charge in [0.05, 0.1) is 6.10 Å². The van der Waals surface area contributed by atoms with Crippen LogP contribution in [0.5, 0.6) is 0 Å². The van der Waals surface area contributed by atoms with E-state index in [1.165, 1.54) is 32.1 Å². The molecular weight excluding hydrogens is 184 g/mol. The van der Waals surface area contributed by atoms with Crippen LogP contribution in [0, 0.1) is 29.6 Å². The van der Waals surface area contributed by atoms with E-state index < -0.39 is 0 Å². The van der Waals surface area contributed by atoms with Crippen molar-refractivity contribution in [3.05, 3.63) is 0 Å². The van der Waals surface area contributed by atoms with E-state index in [2.05, 4.69) is 6.92 Å². The first-order valence-corrected chi connectivity index (χ1v) is 6.92. The lowest BCUT2D eigenvalue weighted by Gasteiger charge is -2.35. The lowest BCUT2D eigenvalue weighted by Crippen LogP contribution is -2.29. The Labute approximate surface area is 93.3 Å². The third-order valence-electron chi connectivity index (χ3n) is 5.47. The summed E-state index contributed by atoms with van der Waals surface area (Å²) < 4.78 is 0. The van der Waals surface area contributed by atoms with Gasteiger partial charge in [-0.2, -0.15) is 0 Å². The Morgan fingerprint density at radius 3 is 2.27 bits per heavy atom.